The molecule has 0 spiro atoms. The lowest BCUT2D eigenvalue weighted by Gasteiger charge is -2.34. The van der Waals surface area contributed by atoms with E-state index in [0.717, 1.165) is 34.6 Å². The zero-order chi connectivity index (χ0) is 14.2. The Bertz CT molecular complexity index is 716. The number of pyridine rings is 1. The summed E-state index contributed by atoms with van der Waals surface area (Å²) in [5, 5.41) is 10.6. The van der Waals surface area contributed by atoms with Crippen molar-refractivity contribution >= 4 is 16.6 Å². The zero-order valence-corrected chi connectivity index (χ0v) is 12.1. The Kier molecular flexibility index (Phi) is 3.03. The fourth-order valence-corrected chi connectivity index (χ4v) is 4.20. The van der Waals surface area contributed by atoms with Gasteiger partial charge in [-0.3, -0.25) is 4.98 Å². The number of hydrogen-bond acceptors (Lipinski definition) is 3. The van der Waals surface area contributed by atoms with Crippen molar-refractivity contribution in [3.05, 3.63) is 36.0 Å². The average Bonchev–Trinajstić information content (AvgIpc) is 2.97. The molecule has 2 aromatic rings. The largest absolute Gasteiger partial charge is 0.367 e. The van der Waals surface area contributed by atoms with Crippen molar-refractivity contribution < 1.29 is 0 Å². The third kappa shape index (κ3) is 1.98. The molecule has 0 radical (unpaired) electrons. The van der Waals surface area contributed by atoms with E-state index in [2.05, 4.69) is 22.0 Å². The molecule has 106 valence electrons. The average molecular weight is 277 g/mol. The van der Waals surface area contributed by atoms with Crippen LogP contribution in [0.25, 0.3) is 10.9 Å². The van der Waals surface area contributed by atoms with Crippen molar-refractivity contribution in [2.75, 3.05) is 11.4 Å². The summed E-state index contributed by atoms with van der Waals surface area (Å²) in [4.78, 5) is 6.95. The molecule has 2 aliphatic rings. The van der Waals surface area contributed by atoms with Gasteiger partial charge < -0.3 is 4.90 Å². The zero-order valence-electron chi connectivity index (χ0n) is 12.1. The quantitative estimate of drug-likeness (QED) is 0.794. The third-order valence-corrected chi connectivity index (χ3v) is 5.16. The van der Waals surface area contributed by atoms with Crippen LogP contribution in [-0.2, 0) is 0 Å². The van der Waals surface area contributed by atoms with Gasteiger partial charge in [-0.1, -0.05) is 31.0 Å². The van der Waals surface area contributed by atoms with Gasteiger partial charge in [-0.15, -0.1) is 0 Å². The fraction of sp³-hybridized carbons (Fsp3) is 0.444. The first-order chi connectivity index (χ1) is 10.4. The van der Waals surface area contributed by atoms with Crippen molar-refractivity contribution in [2.45, 2.75) is 38.1 Å². The lowest BCUT2D eigenvalue weighted by atomic mass is 9.85. The van der Waals surface area contributed by atoms with Crippen LogP contribution in [0.15, 0.2) is 30.5 Å². The molecule has 3 heteroatoms. The Morgan fingerprint density at radius 1 is 1.14 bits per heavy atom. The summed E-state index contributed by atoms with van der Waals surface area (Å²) in [5.74, 6) is 0.817. The van der Waals surface area contributed by atoms with Gasteiger partial charge in [0.05, 0.1) is 16.8 Å². The number of para-hydroxylation sites is 1. The molecule has 3 nitrogen and oxygen atoms in total. The summed E-state index contributed by atoms with van der Waals surface area (Å²) >= 11 is 0. The Morgan fingerprint density at radius 2 is 2.00 bits per heavy atom. The molecular formula is C18H19N3. The van der Waals surface area contributed by atoms with Crippen molar-refractivity contribution in [2.24, 2.45) is 5.92 Å². The van der Waals surface area contributed by atoms with Crippen LogP contribution >= 0.6 is 0 Å². The lowest BCUT2D eigenvalue weighted by molar-refractivity contribution is 0.342. The normalized spacial score (nSPS) is 24.8. The highest BCUT2D eigenvalue weighted by atomic mass is 15.2. The van der Waals surface area contributed by atoms with E-state index in [1.165, 1.54) is 32.1 Å². The Morgan fingerprint density at radius 3 is 2.90 bits per heavy atom. The topological polar surface area (TPSA) is 39.9 Å². The lowest BCUT2D eigenvalue weighted by Crippen LogP contribution is -2.35. The molecule has 0 amide bonds. The van der Waals surface area contributed by atoms with Crippen LogP contribution in [0.2, 0.25) is 0 Å². The number of anilines is 1. The minimum atomic E-state index is 0.622. The second-order valence-corrected chi connectivity index (χ2v) is 6.24. The van der Waals surface area contributed by atoms with Gasteiger partial charge in [0, 0.05) is 24.2 Å². The third-order valence-electron chi connectivity index (χ3n) is 5.16. The summed E-state index contributed by atoms with van der Waals surface area (Å²) in [6, 6.07) is 11.2. The van der Waals surface area contributed by atoms with E-state index in [4.69, 9.17) is 0 Å². The smallest absolute Gasteiger partial charge is 0.103 e. The summed E-state index contributed by atoms with van der Waals surface area (Å²) in [6.45, 7) is 1.08. The van der Waals surface area contributed by atoms with Crippen molar-refractivity contribution in [3.63, 3.8) is 0 Å². The molecule has 1 aliphatic heterocycles. The van der Waals surface area contributed by atoms with Crippen LogP contribution in [0.3, 0.4) is 0 Å². The van der Waals surface area contributed by atoms with Crippen molar-refractivity contribution in [3.8, 4) is 6.07 Å². The molecule has 4 rings (SSSR count). The van der Waals surface area contributed by atoms with E-state index < -0.39 is 0 Å². The molecular weight excluding hydrogens is 258 g/mol. The molecule has 1 aromatic carbocycles. The number of aromatic nitrogens is 1. The molecule has 1 saturated heterocycles. The second-order valence-electron chi connectivity index (χ2n) is 6.24. The molecule has 0 N–H and O–H groups in total. The molecule has 21 heavy (non-hydrogen) atoms. The Balaban J connectivity index is 1.87. The van der Waals surface area contributed by atoms with E-state index in [1.54, 1.807) is 6.20 Å². The summed E-state index contributed by atoms with van der Waals surface area (Å²) in [7, 11) is 0. The Hall–Kier alpha value is -2.08. The van der Waals surface area contributed by atoms with E-state index in [0.29, 0.717) is 6.04 Å². The van der Waals surface area contributed by atoms with Gasteiger partial charge in [0.25, 0.3) is 0 Å². The van der Waals surface area contributed by atoms with Crippen molar-refractivity contribution in [1.29, 1.82) is 5.26 Å². The first kappa shape index (κ1) is 12.6. The van der Waals surface area contributed by atoms with Crippen LogP contribution in [-0.4, -0.2) is 17.6 Å². The van der Waals surface area contributed by atoms with Gasteiger partial charge in [0.15, 0.2) is 0 Å². The highest BCUT2D eigenvalue weighted by Gasteiger charge is 2.37. The molecule has 2 atom stereocenters. The molecule has 1 aliphatic carbocycles. The Labute approximate surface area is 125 Å². The number of rotatable bonds is 1. The summed E-state index contributed by atoms with van der Waals surface area (Å²) in [6.07, 6.45) is 8.33. The molecule has 1 saturated carbocycles. The minimum Gasteiger partial charge on any atom is -0.367 e. The SMILES string of the molecule is N#Cc1cnc2ccccc2c1N1CCC2CCCCC21. The molecule has 1 aromatic heterocycles. The monoisotopic (exact) mass is 277 g/mol. The van der Waals surface area contributed by atoms with E-state index in [1.807, 2.05) is 18.2 Å². The van der Waals surface area contributed by atoms with Gasteiger partial charge in [-0.2, -0.15) is 5.26 Å². The summed E-state index contributed by atoms with van der Waals surface area (Å²) < 4.78 is 0. The maximum atomic E-state index is 9.52. The van der Waals surface area contributed by atoms with Crippen LogP contribution in [0.5, 0.6) is 0 Å². The predicted molar refractivity (Wildman–Crippen MR) is 84.2 cm³/mol. The van der Waals surface area contributed by atoms with Gasteiger partial charge in [0.2, 0.25) is 0 Å². The second kappa shape index (κ2) is 5.04. The molecule has 2 fully saturated rings. The van der Waals surface area contributed by atoms with Gasteiger partial charge >= 0.3 is 0 Å². The van der Waals surface area contributed by atoms with Gasteiger partial charge in [-0.25, -0.2) is 0 Å². The van der Waals surface area contributed by atoms with Crippen LogP contribution in [0, 0.1) is 17.2 Å². The molecule has 2 heterocycles. The minimum absolute atomic E-state index is 0.622. The maximum absolute atomic E-state index is 9.52. The number of fused-ring (bicyclic) bond motifs is 2. The number of nitriles is 1. The first-order valence-electron chi connectivity index (χ1n) is 7.93. The summed E-state index contributed by atoms with van der Waals surface area (Å²) in [5.41, 5.74) is 2.84. The predicted octanol–water partition coefficient (Wildman–Crippen LogP) is 3.88. The molecule has 2 unspecified atom stereocenters. The van der Waals surface area contributed by atoms with E-state index in [9.17, 15) is 5.26 Å². The van der Waals surface area contributed by atoms with Crippen LogP contribution in [0.1, 0.15) is 37.7 Å². The maximum Gasteiger partial charge on any atom is 0.103 e. The first-order valence-corrected chi connectivity index (χ1v) is 7.93. The van der Waals surface area contributed by atoms with Gasteiger partial charge in [-0.05, 0) is 31.2 Å². The van der Waals surface area contributed by atoms with E-state index in [-0.39, 0.29) is 0 Å². The number of nitrogens with zero attached hydrogens (tertiary/aromatic N) is 3. The molecule has 0 bridgehead atoms. The van der Waals surface area contributed by atoms with Crippen molar-refractivity contribution in [1.82, 2.24) is 4.98 Å². The van der Waals surface area contributed by atoms with E-state index >= 15 is 0 Å². The highest BCUT2D eigenvalue weighted by molar-refractivity contribution is 5.94. The van der Waals surface area contributed by atoms with Crippen LogP contribution in [0.4, 0.5) is 5.69 Å². The van der Waals surface area contributed by atoms with Crippen LogP contribution < -0.4 is 4.90 Å². The highest BCUT2D eigenvalue weighted by Crippen LogP contribution is 2.41. The number of benzene rings is 1. The number of hydrogen-bond donors (Lipinski definition) is 0. The standard InChI is InChI=1S/C18H19N3/c19-11-14-12-20-16-7-3-2-6-15(16)18(14)21-10-9-13-5-1-4-8-17(13)21/h2-3,6-7,12-13,17H,1,4-5,8-10H2. The van der Waals surface area contributed by atoms with Gasteiger partial charge in [0.1, 0.15) is 6.07 Å². The fourth-order valence-electron chi connectivity index (χ4n) is 4.20.